The highest BCUT2D eigenvalue weighted by Gasteiger charge is 2.09. The van der Waals surface area contributed by atoms with Gasteiger partial charge in [0, 0.05) is 17.4 Å². The fourth-order valence-electron chi connectivity index (χ4n) is 2.08. The maximum absolute atomic E-state index is 11.0. The van der Waals surface area contributed by atoms with Crippen LogP contribution in [0.3, 0.4) is 0 Å². The summed E-state index contributed by atoms with van der Waals surface area (Å²) in [6.45, 7) is 8.50. The largest absolute Gasteiger partial charge is 0.469 e. The zero-order valence-corrected chi connectivity index (χ0v) is 11.3. The summed E-state index contributed by atoms with van der Waals surface area (Å²) in [5.41, 5.74) is 3.65. The SMILES string of the molecule is COC(=O)C/C=C/c1c(C)cc(C)n1C(C)C. The van der Waals surface area contributed by atoms with Crippen molar-refractivity contribution in [3.05, 3.63) is 29.1 Å². The Morgan fingerprint density at radius 1 is 1.47 bits per heavy atom. The second-order valence-corrected chi connectivity index (χ2v) is 4.50. The highest BCUT2D eigenvalue weighted by atomic mass is 16.5. The number of carbonyl (C=O) groups is 1. The van der Waals surface area contributed by atoms with Crippen molar-refractivity contribution in [1.29, 1.82) is 0 Å². The van der Waals surface area contributed by atoms with Gasteiger partial charge in [0.05, 0.1) is 13.5 Å². The molecule has 1 heterocycles. The quantitative estimate of drug-likeness (QED) is 0.750. The molecule has 0 radical (unpaired) electrons. The number of methoxy groups -OCH3 is 1. The third-order valence-electron chi connectivity index (χ3n) is 2.77. The monoisotopic (exact) mass is 235 g/mol. The van der Waals surface area contributed by atoms with Crippen LogP contribution in [0, 0.1) is 13.8 Å². The van der Waals surface area contributed by atoms with E-state index >= 15 is 0 Å². The second kappa shape index (κ2) is 5.71. The van der Waals surface area contributed by atoms with Gasteiger partial charge in [-0.15, -0.1) is 0 Å². The van der Waals surface area contributed by atoms with Crippen molar-refractivity contribution < 1.29 is 9.53 Å². The van der Waals surface area contributed by atoms with Gasteiger partial charge < -0.3 is 9.30 Å². The first-order valence-electron chi connectivity index (χ1n) is 5.89. The summed E-state index contributed by atoms with van der Waals surface area (Å²) in [6.07, 6.45) is 4.17. The average Bonchev–Trinajstić information content (AvgIpc) is 2.53. The third kappa shape index (κ3) is 3.22. The average molecular weight is 235 g/mol. The molecule has 0 spiro atoms. The highest BCUT2D eigenvalue weighted by molar-refractivity contribution is 5.72. The topological polar surface area (TPSA) is 31.2 Å². The minimum absolute atomic E-state index is 0.210. The Morgan fingerprint density at radius 3 is 2.65 bits per heavy atom. The van der Waals surface area contributed by atoms with Gasteiger partial charge in [-0.2, -0.15) is 0 Å². The molecule has 0 bridgehead atoms. The lowest BCUT2D eigenvalue weighted by Crippen LogP contribution is -2.05. The van der Waals surface area contributed by atoms with Crippen LogP contribution in [0.5, 0.6) is 0 Å². The van der Waals surface area contributed by atoms with E-state index in [-0.39, 0.29) is 5.97 Å². The van der Waals surface area contributed by atoms with Crippen molar-refractivity contribution in [2.24, 2.45) is 0 Å². The molecule has 0 atom stereocenters. The summed E-state index contributed by atoms with van der Waals surface area (Å²) in [5, 5.41) is 0. The Labute approximate surface area is 103 Å². The molecule has 94 valence electrons. The van der Waals surface area contributed by atoms with Crippen LogP contribution in [0.15, 0.2) is 12.1 Å². The molecule has 0 saturated carbocycles. The van der Waals surface area contributed by atoms with Crippen LogP contribution in [0.25, 0.3) is 6.08 Å². The Balaban J connectivity index is 2.94. The summed E-state index contributed by atoms with van der Waals surface area (Å²) in [4.78, 5) is 11.0. The normalized spacial score (nSPS) is 11.4. The number of esters is 1. The first-order chi connectivity index (χ1) is 7.97. The summed E-state index contributed by atoms with van der Waals surface area (Å²) in [5.74, 6) is -0.210. The van der Waals surface area contributed by atoms with Crippen molar-refractivity contribution in [2.45, 2.75) is 40.2 Å². The molecular formula is C14H21NO2. The van der Waals surface area contributed by atoms with Gasteiger partial charge in [-0.25, -0.2) is 0 Å². The van der Waals surface area contributed by atoms with Gasteiger partial charge in [-0.3, -0.25) is 4.79 Å². The Kier molecular flexibility index (Phi) is 4.55. The van der Waals surface area contributed by atoms with Gasteiger partial charge in [0.15, 0.2) is 0 Å². The molecule has 0 saturated heterocycles. The van der Waals surface area contributed by atoms with Crippen molar-refractivity contribution in [3.8, 4) is 0 Å². The molecule has 0 aliphatic carbocycles. The maximum Gasteiger partial charge on any atom is 0.309 e. The maximum atomic E-state index is 11.0. The number of ether oxygens (including phenoxy) is 1. The number of nitrogens with zero attached hydrogens (tertiary/aromatic N) is 1. The molecule has 0 aliphatic rings. The zero-order valence-electron chi connectivity index (χ0n) is 11.3. The van der Waals surface area contributed by atoms with Crippen molar-refractivity contribution >= 4 is 12.0 Å². The third-order valence-corrected chi connectivity index (χ3v) is 2.77. The van der Waals surface area contributed by atoms with Crippen LogP contribution in [-0.4, -0.2) is 17.6 Å². The van der Waals surface area contributed by atoms with Crippen molar-refractivity contribution in [1.82, 2.24) is 4.57 Å². The number of rotatable bonds is 4. The zero-order chi connectivity index (χ0) is 13.0. The molecule has 1 aromatic heterocycles. The Bertz CT molecular complexity index is 428. The fourth-order valence-corrected chi connectivity index (χ4v) is 2.08. The first kappa shape index (κ1) is 13.6. The van der Waals surface area contributed by atoms with E-state index in [1.165, 1.54) is 24.1 Å². The van der Waals surface area contributed by atoms with E-state index in [0.29, 0.717) is 12.5 Å². The summed E-state index contributed by atoms with van der Waals surface area (Å²) in [7, 11) is 1.41. The van der Waals surface area contributed by atoms with Gasteiger partial charge in [0.25, 0.3) is 0 Å². The molecule has 1 aromatic rings. The van der Waals surface area contributed by atoms with Gasteiger partial charge in [0.1, 0.15) is 0 Å². The molecule has 3 heteroatoms. The molecule has 0 unspecified atom stereocenters. The molecular weight excluding hydrogens is 214 g/mol. The number of aromatic nitrogens is 1. The highest BCUT2D eigenvalue weighted by Crippen LogP contribution is 2.21. The predicted molar refractivity (Wildman–Crippen MR) is 70.0 cm³/mol. The summed E-state index contributed by atoms with van der Waals surface area (Å²) in [6, 6.07) is 2.58. The van der Waals surface area contributed by atoms with Gasteiger partial charge in [-0.1, -0.05) is 6.08 Å². The van der Waals surface area contributed by atoms with Crippen LogP contribution in [-0.2, 0) is 9.53 Å². The van der Waals surface area contributed by atoms with Crippen LogP contribution >= 0.6 is 0 Å². The Hall–Kier alpha value is -1.51. The van der Waals surface area contributed by atoms with Gasteiger partial charge in [0.2, 0.25) is 0 Å². The van der Waals surface area contributed by atoms with Crippen LogP contribution in [0.1, 0.15) is 43.3 Å². The summed E-state index contributed by atoms with van der Waals surface area (Å²) >= 11 is 0. The number of hydrogen-bond donors (Lipinski definition) is 0. The molecule has 0 aliphatic heterocycles. The smallest absolute Gasteiger partial charge is 0.309 e. The van der Waals surface area contributed by atoms with E-state index in [2.05, 4.69) is 43.1 Å². The predicted octanol–water partition coefficient (Wildman–Crippen LogP) is 3.26. The minimum Gasteiger partial charge on any atom is -0.469 e. The lowest BCUT2D eigenvalue weighted by molar-refractivity contribution is -0.139. The van der Waals surface area contributed by atoms with Crippen molar-refractivity contribution in [3.63, 3.8) is 0 Å². The molecule has 1 rings (SSSR count). The Morgan fingerprint density at radius 2 is 2.12 bits per heavy atom. The molecule has 0 fully saturated rings. The van der Waals surface area contributed by atoms with Crippen molar-refractivity contribution in [2.75, 3.05) is 7.11 Å². The standard InChI is InChI=1S/C14H21NO2/c1-10(2)15-12(4)9-11(3)13(15)7-6-8-14(16)17-5/h6-7,9-10H,8H2,1-5H3/b7-6+. The lowest BCUT2D eigenvalue weighted by atomic mass is 10.2. The van der Waals surface area contributed by atoms with E-state index in [1.54, 1.807) is 0 Å². The number of carbonyl (C=O) groups excluding carboxylic acids is 1. The van der Waals surface area contributed by atoms with E-state index in [1.807, 2.05) is 12.2 Å². The molecule has 0 amide bonds. The fraction of sp³-hybridized carbons (Fsp3) is 0.500. The minimum atomic E-state index is -0.210. The number of aryl methyl sites for hydroxylation is 2. The molecule has 17 heavy (non-hydrogen) atoms. The van der Waals surface area contributed by atoms with Crippen LogP contribution < -0.4 is 0 Å². The van der Waals surface area contributed by atoms with E-state index < -0.39 is 0 Å². The molecule has 3 nitrogen and oxygen atoms in total. The van der Waals surface area contributed by atoms with Gasteiger partial charge >= 0.3 is 5.97 Å². The molecule has 0 N–H and O–H groups in total. The molecule has 0 aromatic carbocycles. The van der Waals surface area contributed by atoms with E-state index in [4.69, 9.17) is 0 Å². The first-order valence-corrected chi connectivity index (χ1v) is 5.89. The van der Waals surface area contributed by atoms with E-state index in [0.717, 1.165) is 0 Å². The lowest BCUT2D eigenvalue weighted by Gasteiger charge is -2.14. The summed E-state index contributed by atoms with van der Waals surface area (Å²) < 4.78 is 6.87. The van der Waals surface area contributed by atoms with Crippen LogP contribution in [0.2, 0.25) is 0 Å². The second-order valence-electron chi connectivity index (χ2n) is 4.50. The van der Waals surface area contributed by atoms with Crippen LogP contribution in [0.4, 0.5) is 0 Å². The van der Waals surface area contributed by atoms with E-state index in [9.17, 15) is 4.79 Å². The number of hydrogen-bond acceptors (Lipinski definition) is 2. The van der Waals surface area contributed by atoms with Gasteiger partial charge in [-0.05, 0) is 45.4 Å².